The lowest BCUT2D eigenvalue weighted by atomic mass is 10.0. The van der Waals surface area contributed by atoms with Gasteiger partial charge in [0.25, 0.3) is 0 Å². The van der Waals surface area contributed by atoms with Crippen LogP contribution in [0.4, 0.5) is 0 Å². The highest BCUT2D eigenvalue weighted by Gasteiger charge is 1.97. The van der Waals surface area contributed by atoms with Gasteiger partial charge in [-0.3, -0.25) is 4.79 Å². The molecule has 0 spiro atoms. The quantitative estimate of drug-likeness (QED) is 0.571. The molecule has 1 aromatic carbocycles. The van der Waals surface area contributed by atoms with Crippen molar-refractivity contribution < 1.29 is 9.90 Å². The smallest absolute Gasteiger partial charge is 0.303 e. The zero-order valence-corrected chi connectivity index (χ0v) is 12.3. The highest BCUT2D eigenvalue weighted by molar-refractivity contribution is 5.66. The highest BCUT2D eigenvalue weighted by Crippen LogP contribution is 2.12. The fourth-order valence-corrected chi connectivity index (χ4v) is 2.31. The summed E-state index contributed by atoms with van der Waals surface area (Å²) in [6.07, 6.45) is 11.4. The van der Waals surface area contributed by atoms with Crippen LogP contribution in [0.2, 0.25) is 0 Å². The third kappa shape index (κ3) is 7.78. The van der Waals surface area contributed by atoms with Gasteiger partial charge in [-0.1, -0.05) is 69.0 Å². The molecule has 0 aromatic heterocycles. The van der Waals surface area contributed by atoms with Crippen LogP contribution in [0.15, 0.2) is 30.8 Å². The monoisotopic (exact) mass is 274 g/mol. The minimum Gasteiger partial charge on any atom is -0.481 e. The molecule has 0 heterocycles. The molecule has 0 fully saturated rings. The van der Waals surface area contributed by atoms with E-state index in [0.717, 1.165) is 19.3 Å². The zero-order valence-electron chi connectivity index (χ0n) is 12.3. The Bertz CT molecular complexity index is 392. The van der Waals surface area contributed by atoms with E-state index in [9.17, 15) is 4.79 Å². The van der Waals surface area contributed by atoms with E-state index in [1.54, 1.807) is 0 Å². The fraction of sp³-hybridized carbons (Fsp3) is 0.500. The molecular weight excluding hydrogens is 248 g/mol. The number of carbonyl (C=O) groups is 1. The first-order valence-corrected chi connectivity index (χ1v) is 7.65. The van der Waals surface area contributed by atoms with Crippen LogP contribution in [-0.4, -0.2) is 11.1 Å². The first kappa shape index (κ1) is 16.5. The molecule has 0 aliphatic rings. The Kier molecular flexibility index (Phi) is 8.44. The van der Waals surface area contributed by atoms with Crippen molar-refractivity contribution in [1.82, 2.24) is 0 Å². The van der Waals surface area contributed by atoms with Crippen LogP contribution in [-0.2, 0) is 11.2 Å². The lowest BCUT2D eigenvalue weighted by molar-refractivity contribution is -0.137. The van der Waals surface area contributed by atoms with Crippen molar-refractivity contribution in [2.45, 2.75) is 57.8 Å². The molecule has 2 nitrogen and oxygen atoms in total. The number of carboxylic acid groups (broad SMARTS) is 1. The normalized spacial score (nSPS) is 10.4. The van der Waals surface area contributed by atoms with Gasteiger partial charge in [0.15, 0.2) is 0 Å². The standard InChI is InChI=1S/C18H26O2/c1-2-16-12-14-17(15-13-16)10-8-6-4-3-5-7-9-11-18(19)20/h2,12-15H,1,3-11H2,(H,19,20). The molecule has 0 saturated heterocycles. The number of benzene rings is 1. The van der Waals surface area contributed by atoms with Crippen LogP contribution in [0.3, 0.4) is 0 Å². The van der Waals surface area contributed by atoms with Crippen LogP contribution in [0.5, 0.6) is 0 Å². The Balaban J connectivity index is 1.96. The maximum absolute atomic E-state index is 10.3. The fourth-order valence-electron chi connectivity index (χ4n) is 2.31. The van der Waals surface area contributed by atoms with Gasteiger partial charge in [-0.2, -0.15) is 0 Å². The highest BCUT2D eigenvalue weighted by atomic mass is 16.4. The third-order valence-corrected chi connectivity index (χ3v) is 3.57. The molecule has 0 radical (unpaired) electrons. The molecule has 1 N–H and O–H groups in total. The Labute approximate surface area is 122 Å². The minimum atomic E-state index is -0.674. The SMILES string of the molecule is C=Cc1ccc(CCCCCCCCCC(=O)O)cc1. The summed E-state index contributed by atoms with van der Waals surface area (Å²) in [5, 5.41) is 8.52. The van der Waals surface area contributed by atoms with E-state index >= 15 is 0 Å². The zero-order chi connectivity index (χ0) is 14.6. The average Bonchev–Trinajstić information content (AvgIpc) is 2.46. The van der Waals surface area contributed by atoms with E-state index in [1.165, 1.54) is 43.2 Å². The maximum Gasteiger partial charge on any atom is 0.303 e. The second kappa shape index (κ2) is 10.2. The van der Waals surface area contributed by atoms with E-state index in [4.69, 9.17) is 5.11 Å². The van der Waals surface area contributed by atoms with E-state index in [1.807, 2.05) is 6.08 Å². The molecule has 110 valence electrons. The van der Waals surface area contributed by atoms with Crippen molar-refractivity contribution in [2.75, 3.05) is 0 Å². The van der Waals surface area contributed by atoms with E-state index < -0.39 is 5.97 Å². The number of aliphatic carboxylic acids is 1. The Morgan fingerprint density at radius 2 is 1.50 bits per heavy atom. The van der Waals surface area contributed by atoms with Crippen molar-refractivity contribution >= 4 is 12.0 Å². The number of unbranched alkanes of at least 4 members (excludes halogenated alkanes) is 6. The van der Waals surface area contributed by atoms with Crippen LogP contribution < -0.4 is 0 Å². The molecular formula is C18H26O2. The van der Waals surface area contributed by atoms with Gasteiger partial charge >= 0.3 is 5.97 Å². The average molecular weight is 274 g/mol. The molecule has 20 heavy (non-hydrogen) atoms. The van der Waals surface area contributed by atoms with Crippen LogP contribution in [0.1, 0.15) is 62.5 Å². The lowest BCUT2D eigenvalue weighted by Gasteiger charge is -2.03. The third-order valence-electron chi connectivity index (χ3n) is 3.57. The van der Waals surface area contributed by atoms with Gasteiger partial charge in [0, 0.05) is 6.42 Å². The summed E-state index contributed by atoms with van der Waals surface area (Å²) in [6.45, 7) is 3.75. The van der Waals surface area contributed by atoms with Gasteiger partial charge in [-0.15, -0.1) is 0 Å². The van der Waals surface area contributed by atoms with Crippen LogP contribution in [0, 0.1) is 0 Å². The summed E-state index contributed by atoms with van der Waals surface area (Å²) < 4.78 is 0. The topological polar surface area (TPSA) is 37.3 Å². The first-order valence-electron chi connectivity index (χ1n) is 7.65. The van der Waals surface area contributed by atoms with Gasteiger partial charge in [-0.25, -0.2) is 0 Å². The Hall–Kier alpha value is -1.57. The van der Waals surface area contributed by atoms with E-state index in [0.29, 0.717) is 6.42 Å². The second-order valence-electron chi connectivity index (χ2n) is 5.31. The van der Waals surface area contributed by atoms with Gasteiger partial charge in [-0.05, 0) is 30.4 Å². The predicted molar refractivity (Wildman–Crippen MR) is 84.8 cm³/mol. The number of carboxylic acids is 1. The molecule has 0 bridgehead atoms. The summed E-state index contributed by atoms with van der Waals surface area (Å²) in [5.41, 5.74) is 2.58. The summed E-state index contributed by atoms with van der Waals surface area (Å²) in [7, 11) is 0. The predicted octanol–water partition coefficient (Wildman–Crippen LogP) is 5.08. The summed E-state index contributed by atoms with van der Waals surface area (Å²) in [5.74, 6) is -0.674. The molecule has 0 amide bonds. The molecule has 0 atom stereocenters. The largest absolute Gasteiger partial charge is 0.481 e. The number of rotatable bonds is 11. The van der Waals surface area contributed by atoms with Crippen LogP contribution >= 0.6 is 0 Å². The summed E-state index contributed by atoms with van der Waals surface area (Å²) >= 11 is 0. The molecule has 0 unspecified atom stereocenters. The minimum absolute atomic E-state index is 0.320. The van der Waals surface area contributed by atoms with E-state index in [2.05, 4.69) is 30.8 Å². The summed E-state index contributed by atoms with van der Waals surface area (Å²) in [6, 6.07) is 8.60. The van der Waals surface area contributed by atoms with Crippen molar-refractivity contribution in [3.05, 3.63) is 42.0 Å². The van der Waals surface area contributed by atoms with Gasteiger partial charge in [0.2, 0.25) is 0 Å². The molecule has 0 aliphatic carbocycles. The molecule has 1 rings (SSSR count). The molecule has 1 aromatic rings. The van der Waals surface area contributed by atoms with E-state index in [-0.39, 0.29) is 0 Å². The molecule has 2 heteroatoms. The van der Waals surface area contributed by atoms with Crippen molar-refractivity contribution in [3.63, 3.8) is 0 Å². The second-order valence-corrected chi connectivity index (χ2v) is 5.31. The maximum atomic E-state index is 10.3. The Morgan fingerprint density at radius 1 is 0.950 bits per heavy atom. The van der Waals surface area contributed by atoms with Crippen molar-refractivity contribution in [3.8, 4) is 0 Å². The van der Waals surface area contributed by atoms with Gasteiger partial charge < -0.3 is 5.11 Å². The number of hydrogen-bond acceptors (Lipinski definition) is 1. The Morgan fingerprint density at radius 3 is 2.05 bits per heavy atom. The number of aryl methyl sites for hydroxylation is 1. The lowest BCUT2D eigenvalue weighted by Crippen LogP contribution is -1.93. The van der Waals surface area contributed by atoms with Gasteiger partial charge in [0.05, 0.1) is 0 Å². The van der Waals surface area contributed by atoms with Crippen LogP contribution in [0.25, 0.3) is 6.08 Å². The molecule has 0 saturated carbocycles. The van der Waals surface area contributed by atoms with Crippen molar-refractivity contribution in [1.29, 1.82) is 0 Å². The molecule has 0 aliphatic heterocycles. The van der Waals surface area contributed by atoms with Crippen molar-refractivity contribution in [2.24, 2.45) is 0 Å². The summed E-state index contributed by atoms with van der Waals surface area (Å²) in [4.78, 5) is 10.3. The number of hydrogen-bond donors (Lipinski definition) is 1. The first-order chi connectivity index (χ1) is 9.72. The van der Waals surface area contributed by atoms with Gasteiger partial charge in [0.1, 0.15) is 0 Å².